The van der Waals surface area contributed by atoms with Gasteiger partial charge < -0.3 is 20.3 Å². The van der Waals surface area contributed by atoms with Gasteiger partial charge in [0.25, 0.3) is 0 Å². The smallest absolute Gasteiger partial charge is 0.171 e. The summed E-state index contributed by atoms with van der Waals surface area (Å²) in [7, 11) is 0. The third-order valence-corrected chi connectivity index (χ3v) is 6.70. The summed E-state index contributed by atoms with van der Waals surface area (Å²) in [6, 6.07) is 17.1. The molecule has 1 heterocycles. The first kappa shape index (κ1) is 21.9. The molecule has 0 unspecified atom stereocenters. The van der Waals surface area contributed by atoms with E-state index >= 15 is 0 Å². The molecule has 5 heteroatoms. The molecule has 0 radical (unpaired) electrons. The van der Waals surface area contributed by atoms with E-state index in [1.807, 2.05) is 24.3 Å². The van der Waals surface area contributed by atoms with E-state index in [0.717, 1.165) is 30.4 Å². The molecular formula is C26H35N3OS. The Kier molecular flexibility index (Phi) is 7.33. The normalized spacial score (nSPS) is 20.3. The minimum atomic E-state index is 0.138. The van der Waals surface area contributed by atoms with Crippen LogP contribution < -0.4 is 20.3 Å². The number of hydrogen-bond acceptors (Lipinski definition) is 3. The van der Waals surface area contributed by atoms with Crippen molar-refractivity contribution < 1.29 is 4.74 Å². The molecule has 1 aliphatic carbocycles. The summed E-state index contributed by atoms with van der Waals surface area (Å²) in [6.07, 6.45) is 7.91. The van der Waals surface area contributed by atoms with E-state index in [2.05, 4.69) is 53.6 Å². The predicted octanol–water partition coefficient (Wildman–Crippen LogP) is 6.29. The average Bonchev–Trinajstić information content (AvgIpc) is 3.28. The summed E-state index contributed by atoms with van der Waals surface area (Å²) < 4.78 is 6.04. The molecule has 1 saturated heterocycles. The fraction of sp³-hybridized carbons (Fsp3) is 0.500. The van der Waals surface area contributed by atoms with Gasteiger partial charge in [-0.15, -0.1) is 0 Å². The van der Waals surface area contributed by atoms with Gasteiger partial charge in [-0.1, -0.05) is 19.1 Å². The van der Waals surface area contributed by atoms with E-state index in [1.54, 1.807) is 0 Å². The average molecular weight is 438 g/mol. The van der Waals surface area contributed by atoms with Crippen molar-refractivity contribution in [3.8, 4) is 5.75 Å². The lowest BCUT2D eigenvalue weighted by atomic mass is 9.99. The number of ether oxygens (including phenoxy) is 1. The highest BCUT2D eigenvalue weighted by Gasteiger charge is 2.18. The van der Waals surface area contributed by atoms with Gasteiger partial charge in [0.15, 0.2) is 5.11 Å². The number of thiocarbonyl (C=S) groups is 1. The van der Waals surface area contributed by atoms with Crippen molar-refractivity contribution in [3.05, 3.63) is 54.1 Å². The second-order valence-electron chi connectivity index (χ2n) is 9.15. The van der Waals surface area contributed by atoms with Crippen LogP contribution in [0.3, 0.4) is 0 Å². The topological polar surface area (TPSA) is 36.5 Å². The summed E-state index contributed by atoms with van der Waals surface area (Å²) in [5, 5.41) is 7.32. The summed E-state index contributed by atoms with van der Waals surface area (Å²) in [5.41, 5.74) is 3.53. The second kappa shape index (κ2) is 10.4. The van der Waals surface area contributed by atoms with Gasteiger partial charge in [-0.25, -0.2) is 0 Å². The molecule has 2 aliphatic rings. The molecule has 31 heavy (non-hydrogen) atoms. The van der Waals surface area contributed by atoms with Gasteiger partial charge >= 0.3 is 0 Å². The molecule has 0 bridgehead atoms. The van der Waals surface area contributed by atoms with Crippen molar-refractivity contribution in [2.45, 2.75) is 64.5 Å². The zero-order valence-corrected chi connectivity index (χ0v) is 19.6. The molecule has 4 rings (SSSR count). The van der Waals surface area contributed by atoms with Crippen molar-refractivity contribution in [1.82, 2.24) is 5.32 Å². The highest BCUT2D eigenvalue weighted by atomic mass is 32.1. The molecule has 2 aromatic rings. The predicted molar refractivity (Wildman–Crippen MR) is 134 cm³/mol. The Bertz CT molecular complexity index is 846. The second-order valence-corrected chi connectivity index (χ2v) is 9.56. The molecule has 2 aromatic carbocycles. The van der Waals surface area contributed by atoms with Crippen LogP contribution in [0.5, 0.6) is 5.75 Å². The highest BCUT2D eigenvalue weighted by molar-refractivity contribution is 7.80. The first-order valence-electron chi connectivity index (χ1n) is 11.8. The monoisotopic (exact) mass is 437 g/mol. The fourth-order valence-electron chi connectivity index (χ4n) is 4.66. The van der Waals surface area contributed by atoms with Gasteiger partial charge in [-0.2, -0.15) is 0 Å². The minimum Gasteiger partial charge on any atom is -0.490 e. The van der Waals surface area contributed by atoms with Crippen molar-refractivity contribution >= 4 is 28.7 Å². The Hall–Kier alpha value is -2.27. The molecular weight excluding hydrogens is 402 g/mol. The van der Waals surface area contributed by atoms with Gasteiger partial charge in [0.05, 0.1) is 12.1 Å². The van der Waals surface area contributed by atoms with Crippen molar-refractivity contribution in [2.75, 3.05) is 23.3 Å². The summed E-state index contributed by atoms with van der Waals surface area (Å²) in [4.78, 5) is 2.50. The Labute approximate surface area is 192 Å². The zero-order valence-electron chi connectivity index (χ0n) is 18.8. The van der Waals surface area contributed by atoms with Crippen molar-refractivity contribution in [3.63, 3.8) is 0 Å². The molecule has 0 spiro atoms. The van der Waals surface area contributed by atoms with E-state index < -0.39 is 0 Å². The first-order chi connectivity index (χ1) is 15.1. The van der Waals surface area contributed by atoms with Crippen LogP contribution in [0, 0.1) is 5.92 Å². The number of benzene rings is 2. The largest absolute Gasteiger partial charge is 0.490 e. The molecule has 2 fully saturated rings. The Morgan fingerprint density at radius 3 is 2.39 bits per heavy atom. The molecule has 1 aliphatic heterocycles. The van der Waals surface area contributed by atoms with Crippen LogP contribution in [-0.4, -0.2) is 24.3 Å². The molecule has 4 nitrogen and oxygen atoms in total. The van der Waals surface area contributed by atoms with E-state index in [1.165, 1.54) is 49.8 Å². The van der Waals surface area contributed by atoms with E-state index in [4.69, 9.17) is 17.0 Å². The Balaban J connectivity index is 1.27. The van der Waals surface area contributed by atoms with E-state index in [0.29, 0.717) is 11.2 Å². The highest BCUT2D eigenvalue weighted by Crippen LogP contribution is 2.26. The van der Waals surface area contributed by atoms with E-state index in [9.17, 15) is 0 Å². The quantitative estimate of drug-likeness (QED) is 0.519. The molecule has 0 amide bonds. The molecule has 1 saturated carbocycles. The van der Waals surface area contributed by atoms with Gasteiger partial charge in [0.1, 0.15) is 5.75 Å². The minimum absolute atomic E-state index is 0.138. The van der Waals surface area contributed by atoms with Crippen LogP contribution in [0.15, 0.2) is 48.5 Å². The molecule has 0 aromatic heterocycles. The number of piperidine rings is 1. The van der Waals surface area contributed by atoms with Crippen LogP contribution in [0.1, 0.15) is 64.0 Å². The molecule has 2 N–H and O–H groups in total. The third-order valence-electron chi connectivity index (χ3n) is 6.48. The van der Waals surface area contributed by atoms with Crippen LogP contribution in [0.25, 0.3) is 0 Å². The lowest BCUT2D eigenvalue weighted by Crippen LogP contribution is -2.34. The standard InChI is InChI=1S/C26H35N3OS/c1-19-6-5-17-29(18-19)23-13-9-21(10-14-23)20(2)27-26(31)28-22-11-15-25(16-12-22)30-24-7-3-4-8-24/h9-16,19-20,24H,3-8,17-18H2,1-2H3,(H2,27,28,31)/t19-,20+/m1/s1. The third kappa shape index (κ3) is 6.13. The molecule has 2 atom stereocenters. The van der Waals surface area contributed by atoms with Crippen LogP contribution in [-0.2, 0) is 0 Å². The first-order valence-corrected chi connectivity index (χ1v) is 12.2. The number of rotatable bonds is 6. The zero-order chi connectivity index (χ0) is 21.6. The van der Waals surface area contributed by atoms with Gasteiger partial charge in [-0.3, -0.25) is 0 Å². The van der Waals surface area contributed by atoms with Crippen molar-refractivity contribution in [2.24, 2.45) is 5.92 Å². The SMILES string of the molecule is C[C@@H]1CCCN(c2ccc([C@H](C)NC(=S)Nc3ccc(OC4CCCC4)cc3)cc2)C1. The lowest BCUT2D eigenvalue weighted by molar-refractivity contribution is 0.210. The van der Waals surface area contributed by atoms with Gasteiger partial charge in [0, 0.05) is 24.5 Å². The lowest BCUT2D eigenvalue weighted by Gasteiger charge is -2.33. The maximum Gasteiger partial charge on any atom is 0.171 e. The van der Waals surface area contributed by atoms with Gasteiger partial charge in [0.2, 0.25) is 0 Å². The van der Waals surface area contributed by atoms with Gasteiger partial charge in [-0.05, 0) is 106 Å². The fourth-order valence-corrected chi connectivity index (χ4v) is 4.96. The maximum atomic E-state index is 6.04. The van der Waals surface area contributed by atoms with Crippen LogP contribution >= 0.6 is 12.2 Å². The number of nitrogens with zero attached hydrogens (tertiary/aromatic N) is 1. The molecule has 166 valence electrons. The number of nitrogens with one attached hydrogen (secondary N) is 2. The summed E-state index contributed by atoms with van der Waals surface area (Å²) in [6.45, 7) is 6.81. The van der Waals surface area contributed by atoms with Crippen molar-refractivity contribution in [1.29, 1.82) is 0 Å². The van der Waals surface area contributed by atoms with Crippen LogP contribution in [0.2, 0.25) is 0 Å². The number of hydrogen-bond donors (Lipinski definition) is 2. The number of anilines is 2. The summed E-state index contributed by atoms with van der Waals surface area (Å²) in [5.74, 6) is 1.72. The Morgan fingerprint density at radius 2 is 1.71 bits per heavy atom. The summed E-state index contributed by atoms with van der Waals surface area (Å²) >= 11 is 5.54. The van der Waals surface area contributed by atoms with Crippen LogP contribution in [0.4, 0.5) is 11.4 Å². The van der Waals surface area contributed by atoms with E-state index in [-0.39, 0.29) is 6.04 Å². The maximum absolute atomic E-state index is 6.04. The Morgan fingerprint density at radius 1 is 1.00 bits per heavy atom.